The fraction of sp³-hybridized carbons (Fsp3) is 0.263. The molecule has 0 atom stereocenters. The molecular weight excluding hydrogens is 383 g/mol. The molecule has 1 saturated heterocycles. The summed E-state index contributed by atoms with van der Waals surface area (Å²) >= 11 is 0. The van der Waals surface area contributed by atoms with E-state index in [1.54, 1.807) is 35.3 Å². The molecule has 7 nitrogen and oxygen atoms in total. The Balaban J connectivity index is 0.00000225. The number of nitrogens with zero attached hydrogens (tertiary/aromatic N) is 5. The van der Waals surface area contributed by atoms with E-state index in [1.807, 2.05) is 4.90 Å². The lowest BCUT2D eigenvalue weighted by Gasteiger charge is -2.27. The first-order chi connectivity index (χ1) is 13.2. The summed E-state index contributed by atoms with van der Waals surface area (Å²) in [7, 11) is 0. The third-order valence-corrected chi connectivity index (χ3v) is 4.56. The van der Waals surface area contributed by atoms with Gasteiger partial charge in [-0.2, -0.15) is 0 Å². The minimum atomic E-state index is -0.310. The van der Waals surface area contributed by atoms with Crippen LogP contribution in [0.4, 0.5) is 4.39 Å². The maximum Gasteiger partial charge on any atom is 0.242 e. The van der Waals surface area contributed by atoms with Gasteiger partial charge in [0.05, 0.1) is 23.4 Å². The molecule has 3 aromatic rings. The second-order valence-corrected chi connectivity index (χ2v) is 6.30. The summed E-state index contributed by atoms with van der Waals surface area (Å²) in [6.07, 6.45) is 4.74. The van der Waals surface area contributed by atoms with Crippen LogP contribution in [0.25, 0.3) is 22.6 Å². The van der Waals surface area contributed by atoms with Gasteiger partial charge in [-0.15, -0.1) is 12.4 Å². The highest BCUT2D eigenvalue weighted by Gasteiger charge is 2.21. The van der Waals surface area contributed by atoms with Crippen LogP contribution in [0.5, 0.6) is 0 Å². The maximum absolute atomic E-state index is 13.3. The maximum atomic E-state index is 13.3. The number of benzene rings is 1. The molecule has 3 heterocycles. The number of rotatable bonds is 4. The van der Waals surface area contributed by atoms with Crippen molar-refractivity contribution in [3.63, 3.8) is 0 Å². The van der Waals surface area contributed by atoms with Crippen molar-refractivity contribution in [2.24, 2.45) is 0 Å². The average Bonchev–Trinajstić information content (AvgIpc) is 3.13. The van der Waals surface area contributed by atoms with Gasteiger partial charge in [-0.1, -0.05) is 0 Å². The van der Waals surface area contributed by atoms with Gasteiger partial charge in [-0.3, -0.25) is 4.79 Å². The molecule has 0 spiro atoms. The fourth-order valence-electron chi connectivity index (χ4n) is 3.18. The zero-order valence-corrected chi connectivity index (χ0v) is 15.9. The minimum absolute atomic E-state index is 0. The molecular formula is C19H20ClFN6O. The van der Waals surface area contributed by atoms with Crippen molar-refractivity contribution in [1.29, 1.82) is 0 Å². The van der Waals surface area contributed by atoms with Crippen LogP contribution in [-0.2, 0) is 11.3 Å². The predicted octanol–water partition coefficient (Wildman–Crippen LogP) is 2.00. The van der Waals surface area contributed by atoms with Crippen molar-refractivity contribution in [3.05, 3.63) is 55.0 Å². The number of hydrogen-bond acceptors (Lipinski definition) is 5. The summed E-state index contributed by atoms with van der Waals surface area (Å²) in [6.45, 7) is 3.17. The number of halogens is 2. The zero-order valence-electron chi connectivity index (χ0n) is 15.1. The van der Waals surface area contributed by atoms with Gasteiger partial charge in [-0.05, 0) is 30.3 Å². The van der Waals surface area contributed by atoms with Crippen molar-refractivity contribution in [3.8, 4) is 22.6 Å². The van der Waals surface area contributed by atoms with E-state index in [1.165, 1.54) is 18.5 Å². The number of nitrogens with one attached hydrogen (secondary N) is 1. The molecule has 1 amide bonds. The number of amides is 1. The van der Waals surface area contributed by atoms with Crippen LogP contribution < -0.4 is 5.32 Å². The lowest BCUT2D eigenvalue weighted by molar-refractivity contribution is -0.132. The van der Waals surface area contributed by atoms with Crippen LogP contribution in [0.15, 0.2) is 49.2 Å². The summed E-state index contributed by atoms with van der Waals surface area (Å²) in [6, 6.07) is 7.90. The van der Waals surface area contributed by atoms with Gasteiger partial charge in [-0.25, -0.2) is 19.3 Å². The zero-order chi connectivity index (χ0) is 18.6. The number of hydrogen-bond donors (Lipinski definition) is 1. The number of carbonyl (C=O) groups is 1. The molecule has 1 fully saturated rings. The van der Waals surface area contributed by atoms with Crippen LogP contribution in [0.3, 0.4) is 0 Å². The Morgan fingerprint density at radius 2 is 1.86 bits per heavy atom. The van der Waals surface area contributed by atoms with E-state index in [0.29, 0.717) is 30.2 Å². The molecule has 1 aliphatic rings. The Morgan fingerprint density at radius 3 is 2.54 bits per heavy atom. The molecule has 0 radical (unpaired) electrons. The van der Waals surface area contributed by atoms with E-state index >= 15 is 0 Å². The third kappa shape index (κ3) is 4.18. The molecule has 9 heteroatoms. The van der Waals surface area contributed by atoms with E-state index < -0.39 is 0 Å². The summed E-state index contributed by atoms with van der Waals surface area (Å²) < 4.78 is 15.1. The molecule has 0 saturated carbocycles. The van der Waals surface area contributed by atoms with E-state index in [9.17, 15) is 9.18 Å². The topological polar surface area (TPSA) is 75.9 Å². The molecule has 4 rings (SSSR count). The van der Waals surface area contributed by atoms with Gasteiger partial charge in [0.25, 0.3) is 0 Å². The molecule has 0 bridgehead atoms. The molecule has 146 valence electrons. The molecule has 0 unspecified atom stereocenters. The highest BCUT2D eigenvalue weighted by molar-refractivity contribution is 5.85. The standard InChI is InChI=1S/C19H19FN6O.ClH/c20-15-3-1-14(2-4-15)18-19(16-5-6-22-12-23-16)26(13-24-18)11-17(27)25-9-7-21-8-10-25;/h1-6,12-13,21H,7-11H2;1H. The van der Waals surface area contributed by atoms with Crippen molar-refractivity contribution in [2.45, 2.75) is 6.54 Å². The van der Waals surface area contributed by atoms with E-state index in [4.69, 9.17) is 0 Å². The Kier molecular flexibility index (Phi) is 6.33. The van der Waals surface area contributed by atoms with Crippen LogP contribution in [0.1, 0.15) is 0 Å². The van der Waals surface area contributed by atoms with Gasteiger partial charge in [0, 0.05) is 37.9 Å². The first-order valence-corrected chi connectivity index (χ1v) is 8.78. The summed E-state index contributed by atoms with van der Waals surface area (Å²) in [5.74, 6) is -0.273. The quantitative estimate of drug-likeness (QED) is 0.722. The van der Waals surface area contributed by atoms with E-state index in [0.717, 1.165) is 18.7 Å². The Morgan fingerprint density at radius 1 is 1.11 bits per heavy atom. The molecule has 1 aromatic carbocycles. The first-order valence-electron chi connectivity index (χ1n) is 8.78. The van der Waals surface area contributed by atoms with Crippen molar-refractivity contribution < 1.29 is 9.18 Å². The number of piperazine rings is 1. The third-order valence-electron chi connectivity index (χ3n) is 4.56. The molecule has 1 aliphatic heterocycles. The number of imidazole rings is 1. The lowest BCUT2D eigenvalue weighted by Crippen LogP contribution is -2.47. The van der Waals surface area contributed by atoms with Gasteiger partial charge in [0.15, 0.2) is 0 Å². The monoisotopic (exact) mass is 402 g/mol. The first kappa shape index (κ1) is 19.9. The summed E-state index contributed by atoms with van der Waals surface area (Å²) in [5.41, 5.74) is 2.79. The molecule has 0 aliphatic carbocycles. The van der Waals surface area contributed by atoms with Crippen molar-refractivity contribution >= 4 is 18.3 Å². The lowest BCUT2D eigenvalue weighted by atomic mass is 10.1. The highest BCUT2D eigenvalue weighted by Crippen LogP contribution is 2.30. The second-order valence-electron chi connectivity index (χ2n) is 6.30. The summed E-state index contributed by atoms with van der Waals surface area (Å²) in [4.78, 5) is 27.3. The fourth-order valence-corrected chi connectivity index (χ4v) is 3.18. The normalized spacial score (nSPS) is 13.8. The SMILES string of the molecule is Cl.O=C(Cn1cnc(-c2ccc(F)cc2)c1-c1ccncn1)N1CCNCC1. The Hall–Kier alpha value is -2.84. The molecule has 28 heavy (non-hydrogen) atoms. The van der Waals surface area contributed by atoms with Gasteiger partial charge >= 0.3 is 0 Å². The van der Waals surface area contributed by atoms with Crippen molar-refractivity contribution in [1.82, 2.24) is 29.7 Å². The van der Waals surface area contributed by atoms with Crippen LogP contribution >= 0.6 is 12.4 Å². The second kappa shape index (κ2) is 8.90. The van der Waals surface area contributed by atoms with Gasteiger partial charge in [0.2, 0.25) is 5.91 Å². The Labute approximate surface area is 168 Å². The minimum Gasteiger partial charge on any atom is -0.339 e. The number of aromatic nitrogens is 4. The molecule has 2 aromatic heterocycles. The van der Waals surface area contributed by atoms with Gasteiger partial charge < -0.3 is 14.8 Å². The molecule has 1 N–H and O–H groups in total. The van der Waals surface area contributed by atoms with E-state index in [2.05, 4.69) is 20.3 Å². The predicted molar refractivity (Wildman–Crippen MR) is 105 cm³/mol. The smallest absolute Gasteiger partial charge is 0.242 e. The Bertz CT molecular complexity index is 925. The highest BCUT2D eigenvalue weighted by atomic mass is 35.5. The number of carbonyl (C=O) groups excluding carboxylic acids is 1. The largest absolute Gasteiger partial charge is 0.339 e. The average molecular weight is 403 g/mol. The van der Waals surface area contributed by atoms with Crippen LogP contribution in [0, 0.1) is 5.82 Å². The van der Waals surface area contributed by atoms with Crippen LogP contribution in [-0.4, -0.2) is 56.5 Å². The van der Waals surface area contributed by atoms with Crippen LogP contribution in [0.2, 0.25) is 0 Å². The summed E-state index contributed by atoms with van der Waals surface area (Å²) in [5, 5.41) is 3.24. The van der Waals surface area contributed by atoms with Gasteiger partial charge in [0.1, 0.15) is 18.7 Å². The van der Waals surface area contributed by atoms with Crippen molar-refractivity contribution in [2.75, 3.05) is 26.2 Å². The van der Waals surface area contributed by atoms with E-state index in [-0.39, 0.29) is 30.7 Å².